The van der Waals surface area contributed by atoms with E-state index in [0.717, 1.165) is 11.1 Å². The molecule has 0 aliphatic rings. The van der Waals surface area contributed by atoms with E-state index < -0.39 is 5.56 Å². The molecule has 0 atom stereocenters. The number of rotatable bonds is 5. The summed E-state index contributed by atoms with van der Waals surface area (Å²) in [4.78, 5) is 24.9. The van der Waals surface area contributed by atoms with E-state index in [1.165, 1.54) is 11.7 Å². The van der Waals surface area contributed by atoms with E-state index in [4.69, 9.17) is 4.74 Å². The largest absolute Gasteiger partial charge is 0.380 e. The van der Waals surface area contributed by atoms with Crippen LogP contribution in [0.4, 0.5) is 5.69 Å². The van der Waals surface area contributed by atoms with E-state index >= 15 is 0 Å². The van der Waals surface area contributed by atoms with Gasteiger partial charge in [-0.05, 0) is 38.5 Å². The number of benzene rings is 1. The average Bonchev–Trinajstić information content (AvgIpc) is 2.54. The van der Waals surface area contributed by atoms with Crippen molar-refractivity contribution in [1.82, 2.24) is 4.57 Å². The number of hydrogen-bond acceptors (Lipinski definition) is 4. The third kappa shape index (κ3) is 4.14. The van der Waals surface area contributed by atoms with Gasteiger partial charge in [0.2, 0.25) is 5.91 Å². The molecule has 0 saturated heterocycles. The lowest BCUT2D eigenvalue weighted by Gasteiger charge is -2.14. The zero-order valence-electron chi connectivity index (χ0n) is 14.8. The zero-order valence-corrected chi connectivity index (χ0v) is 14.8. The minimum Gasteiger partial charge on any atom is -0.380 e. The van der Waals surface area contributed by atoms with Crippen molar-refractivity contribution in [2.75, 3.05) is 12.4 Å². The second-order valence-corrected chi connectivity index (χ2v) is 5.99. The summed E-state index contributed by atoms with van der Waals surface area (Å²) >= 11 is 0. The van der Waals surface area contributed by atoms with Crippen LogP contribution >= 0.6 is 0 Å². The highest BCUT2D eigenvalue weighted by Gasteiger charge is 2.15. The Morgan fingerprint density at radius 2 is 2.00 bits per heavy atom. The molecular formula is C19H21N3O3. The van der Waals surface area contributed by atoms with Crippen LogP contribution in [-0.4, -0.2) is 17.6 Å². The maximum atomic E-state index is 12.5. The van der Waals surface area contributed by atoms with Crippen molar-refractivity contribution >= 4 is 11.6 Å². The van der Waals surface area contributed by atoms with Gasteiger partial charge >= 0.3 is 0 Å². The Kier molecular flexibility index (Phi) is 5.73. The van der Waals surface area contributed by atoms with Gasteiger partial charge < -0.3 is 14.6 Å². The van der Waals surface area contributed by atoms with Gasteiger partial charge in [-0.3, -0.25) is 9.59 Å². The SMILES string of the molecule is COCc1cc(C)n(CC(=O)Nc2ccc(C)cc2C)c(=O)c1C#N. The monoisotopic (exact) mass is 339 g/mol. The van der Waals surface area contributed by atoms with Crippen molar-refractivity contribution in [3.63, 3.8) is 0 Å². The Bertz CT molecular complexity index is 907. The van der Waals surface area contributed by atoms with E-state index in [1.54, 1.807) is 13.0 Å². The summed E-state index contributed by atoms with van der Waals surface area (Å²) in [5.74, 6) is -0.319. The fraction of sp³-hybridized carbons (Fsp3) is 0.316. The minimum absolute atomic E-state index is 0.00627. The van der Waals surface area contributed by atoms with Crippen LogP contribution in [0, 0.1) is 32.1 Å². The van der Waals surface area contributed by atoms with Gasteiger partial charge in [0.05, 0.1) is 6.61 Å². The molecule has 1 aromatic heterocycles. The molecule has 0 spiro atoms. The average molecular weight is 339 g/mol. The number of methoxy groups -OCH3 is 1. The number of nitriles is 1. The number of aryl methyl sites for hydroxylation is 3. The molecule has 0 aliphatic carbocycles. The highest BCUT2D eigenvalue weighted by Crippen LogP contribution is 2.16. The molecule has 0 fully saturated rings. The van der Waals surface area contributed by atoms with Gasteiger partial charge in [0, 0.05) is 24.1 Å². The first kappa shape index (κ1) is 18.4. The molecular weight excluding hydrogens is 318 g/mol. The van der Waals surface area contributed by atoms with Crippen molar-refractivity contribution in [3.8, 4) is 6.07 Å². The molecule has 2 aromatic rings. The molecule has 1 amide bonds. The Morgan fingerprint density at radius 3 is 2.60 bits per heavy atom. The molecule has 0 unspecified atom stereocenters. The number of aromatic nitrogens is 1. The van der Waals surface area contributed by atoms with Crippen LogP contribution in [0.25, 0.3) is 0 Å². The Labute approximate surface area is 146 Å². The van der Waals surface area contributed by atoms with Gasteiger partial charge in [0.15, 0.2) is 0 Å². The maximum absolute atomic E-state index is 12.5. The number of hydrogen-bond donors (Lipinski definition) is 1. The molecule has 6 nitrogen and oxygen atoms in total. The highest BCUT2D eigenvalue weighted by atomic mass is 16.5. The summed E-state index contributed by atoms with van der Waals surface area (Å²) < 4.78 is 6.33. The first-order valence-electron chi connectivity index (χ1n) is 7.86. The lowest BCUT2D eigenvalue weighted by Crippen LogP contribution is -2.31. The number of pyridine rings is 1. The van der Waals surface area contributed by atoms with E-state index in [9.17, 15) is 14.9 Å². The second-order valence-electron chi connectivity index (χ2n) is 5.99. The molecule has 0 bridgehead atoms. The van der Waals surface area contributed by atoms with E-state index in [1.807, 2.05) is 38.1 Å². The number of ether oxygens (including phenoxy) is 1. The van der Waals surface area contributed by atoms with Crippen LogP contribution < -0.4 is 10.9 Å². The van der Waals surface area contributed by atoms with Gasteiger partial charge in [-0.15, -0.1) is 0 Å². The summed E-state index contributed by atoms with van der Waals surface area (Å²) in [7, 11) is 1.50. The molecule has 130 valence electrons. The highest BCUT2D eigenvalue weighted by molar-refractivity contribution is 5.91. The minimum atomic E-state index is -0.481. The molecule has 1 aromatic carbocycles. The fourth-order valence-corrected chi connectivity index (χ4v) is 2.71. The Balaban J connectivity index is 2.29. The van der Waals surface area contributed by atoms with Gasteiger partial charge in [-0.25, -0.2) is 0 Å². The van der Waals surface area contributed by atoms with Crippen molar-refractivity contribution < 1.29 is 9.53 Å². The quantitative estimate of drug-likeness (QED) is 0.907. The summed E-state index contributed by atoms with van der Waals surface area (Å²) in [5.41, 5.74) is 3.42. The number of nitrogens with zero attached hydrogens (tertiary/aromatic N) is 2. The van der Waals surface area contributed by atoms with Crippen LogP contribution in [0.2, 0.25) is 0 Å². The summed E-state index contributed by atoms with van der Waals surface area (Å²) in [6.07, 6.45) is 0. The van der Waals surface area contributed by atoms with Gasteiger partial charge in [-0.2, -0.15) is 5.26 Å². The Hall–Kier alpha value is -2.91. The molecule has 0 aliphatic heterocycles. The van der Waals surface area contributed by atoms with E-state index in [-0.39, 0.29) is 24.6 Å². The van der Waals surface area contributed by atoms with Crippen molar-refractivity contribution in [2.45, 2.75) is 33.9 Å². The zero-order chi connectivity index (χ0) is 18.6. The molecule has 25 heavy (non-hydrogen) atoms. The summed E-state index contributed by atoms with van der Waals surface area (Å²) in [5, 5.41) is 12.1. The number of anilines is 1. The van der Waals surface area contributed by atoms with Gasteiger partial charge in [0.25, 0.3) is 5.56 Å². The smallest absolute Gasteiger partial charge is 0.269 e. The maximum Gasteiger partial charge on any atom is 0.269 e. The van der Waals surface area contributed by atoms with Gasteiger partial charge in [-0.1, -0.05) is 17.7 Å². The lowest BCUT2D eigenvalue weighted by molar-refractivity contribution is -0.116. The number of nitrogens with one attached hydrogen (secondary N) is 1. The number of carbonyl (C=O) groups excluding carboxylic acids is 1. The first-order valence-corrected chi connectivity index (χ1v) is 7.86. The van der Waals surface area contributed by atoms with Crippen LogP contribution in [-0.2, 0) is 22.7 Å². The molecule has 0 saturated carbocycles. The lowest BCUT2D eigenvalue weighted by atomic mass is 10.1. The normalized spacial score (nSPS) is 10.4. The van der Waals surface area contributed by atoms with E-state index in [0.29, 0.717) is 16.9 Å². The second kappa shape index (κ2) is 7.77. The van der Waals surface area contributed by atoms with Crippen LogP contribution in [0.1, 0.15) is 27.9 Å². The molecule has 2 rings (SSSR count). The van der Waals surface area contributed by atoms with Crippen molar-refractivity contribution in [1.29, 1.82) is 5.26 Å². The van der Waals surface area contributed by atoms with Gasteiger partial charge in [0.1, 0.15) is 18.2 Å². The molecule has 6 heteroatoms. The Morgan fingerprint density at radius 1 is 1.28 bits per heavy atom. The van der Waals surface area contributed by atoms with Crippen LogP contribution in [0.5, 0.6) is 0 Å². The molecule has 1 N–H and O–H groups in total. The number of carbonyl (C=O) groups is 1. The molecule has 1 heterocycles. The van der Waals surface area contributed by atoms with Crippen molar-refractivity contribution in [2.24, 2.45) is 0 Å². The summed E-state index contributed by atoms with van der Waals surface area (Å²) in [6, 6.07) is 9.33. The van der Waals surface area contributed by atoms with E-state index in [2.05, 4.69) is 5.32 Å². The topological polar surface area (TPSA) is 84.1 Å². The van der Waals surface area contributed by atoms with Crippen molar-refractivity contribution in [3.05, 3.63) is 62.6 Å². The first-order chi connectivity index (χ1) is 11.9. The van der Waals surface area contributed by atoms with Crippen LogP contribution in [0.15, 0.2) is 29.1 Å². The third-order valence-electron chi connectivity index (χ3n) is 3.96. The number of amides is 1. The summed E-state index contributed by atoms with van der Waals surface area (Å²) in [6.45, 7) is 5.64. The predicted molar refractivity (Wildman–Crippen MR) is 95.4 cm³/mol. The third-order valence-corrected chi connectivity index (χ3v) is 3.96. The standard InChI is InChI=1S/C19H21N3O3/c1-12-5-6-17(13(2)7-12)21-18(23)10-22-14(3)8-15(11-25-4)16(9-20)19(22)24/h5-8H,10-11H2,1-4H3,(H,21,23). The van der Waals surface area contributed by atoms with Crippen LogP contribution in [0.3, 0.4) is 0 Å². The molecule has 0 radical (unpaired) electrons. The predicted octanol–water partition coefficient (Wildman–Crippen LogP) is 2.43. The fourth-order valence-electron chi connectivity index (χ4n) is 2.71.